The zero-order valence-corrected chi connectivity index (χ0v) is 15.6. The SMILES string of the molecule is CCCOc1ccc2c(c1)C(=O)[C@H](C(=O)OC)[C@@H](c1ccc(OC)cc1)O2. The van der Waals surface area contributed by atoms with Crippen LogP contribution in [0.3, 0.4) is 0 Å². The molecule has 1 aliphatic heterocycles. The van der Waals surface area contributed by atoms with Crippen LogP contribution in [-0.4, -0.2) is 32.6 Å². The monoisotopic (exact) mass is 370 g/mol. The lowest BCUT2D eigenvalue weighted by Gasteiger charge is -2.31. The molecule has 0 amide bonds. The molecule has 0 unspecified atom stereocenters. The highest BCUT2D eigenvalue weighted by atomic mass is 16.5. The Balaban J connectivity index is 1.99. The standard InChI is InChI=1S/C21H22O6/c1-4-11-26-15-9-10-17-16(12-15)19(22)18(21(23)25-3)20(27-17)13-5-7-14(24-2)8-6-13/h5-10,12,18,20H,4,11H2,1-3H3/t18-,20+/m0/s1. The number of ketones is 1. The lowest BCUT2D eigenvalue weighted by molar-refractivity contribution is -0.146. The van der Waals surface area contributed by atoms with Crippen molar-refractivity contribution in [2.24, 2.45) is 5.92 Å². The van der Waals surface area contributed by atoms with Gasteiger partial charge < -0.3 is 18.9 Å². The summed E-state index contributed by atoms with van der Waals surface area (Å²) in [6, 6.07) is 12.1. The van der Waals surface area contributed by atoms with Crippen molar-refractivity contribution in [1.29, 1.82) is 0 Å². The number of ether oxygens (including phenoxy) is 4. The van der Waals surface area contributed by atoms with Gasteiger partial charge in [0, 0.05) is 0 Å². The van der Waals surface area contributed by atoms with Crippen molar-refractivity contribution in [2.75, 3.05) is 20.8 Å². The molecule has 2 aromatic rings. The lowest BCUT2D eigenvalue weighted by atomic mass is 9.85. The van der Waals surface area contributed by atoms with Crippen molar-refractivity contribution < 1.29 is 28.5 Å². The predicted molar refractivity (Wildman–Crippen MR) is 98.4 cm³/mol. The molecule has 0 aromatic heterocycles. The van der Waals surface area contributed by atoms with Gasteiger partial charge in [-0.25, -0.2) is 0 Å². The predicted octanol–water partition coefficient (Wildman–Crippen LogP) is 3.59. The van der Waals surface area contributed by atoms with E-state index in [2.05, 4.69) is 0 Å². The van der Waals surface area contributed by atoms with Crippen LogP contribution in [0.4, 0.5) is 0 Å². The highest BCUT2D eigenvalue weighted by Crippen LogP contribution is 2.41. The van der Waals surface area contributed by atoms with Gasteiger partial charge >= 0.3 is 5.97 Å². The fourth-order valence-corrected chi connectivity index (χ4v) is 3.04. The van der Waals surface area contributed by atoms with Crippen LogP contribution in [0, 0.1) is 5.92 Å². The molecule has 2 atom stereocenters. The van der Waals surface area contributed by atoms with Gasteiger partial charge in [0.05, 0.1) is 26.4 Å². The third-order valence-electron chi connectivity index (χ3n) is 4.43. The number of fused-ring (bicyclic) bond motifs is 1. The molecule has 3 rings (SSSR count). The Bertz CT molecular complexity index is 827. The van der Waals surface area contributed by atoms with E-state index in [9.17, 15) is 9.59 Å². The Morgan fingerprint density at radius 1 is 1.07 bits per heavy atom. The normalized spacial score (nSPS) is 18.3. The largest absolute Gasteiger partial charge is 0.497 e. The second-order valence-corrected chi connectivity index (χ2v) is 6.18. The highest BCUT2D eigenvalue weighted by molar-refractivity contribution is 6.11. The van der Waals surface area contributed by atoms with Crippen molar-refractivity contribution in [3.05, 3.63) is 53.6 Å². The second-order valence-electron chi connectivity index (χ2n) is 6.18. The zero-order valence-electron chi connectivity index (χ0n) is 15.6. The van der Waals surface area contributed by atoms with E-state index in [-0.39, 0.29) is 5.78 Å². The summed E-state index contributed by atoms with van der Waals surface area (Å²) in [6.07, 6.45) is 0.0806. The molecule has 0 saturated carbocycles. The van der Waals surface area contributed by atoms with Crippen LogP contribution in [0.2, 0.25) is 0 Å². The Morgan fingerprint density at radius 2 is 1.78 bits per heavy atom. The molecule has 1 aliphatic rings. The van der Waals surface area contributed by atoms with Gasteiger partial charge in [0.2, 0.25) is 0 Å². The summed E-state index contributed by atoms with van der Waals surface area (Å²) < 4.78 is 21.7. The van der Waals surface area contributed by atoms with Gasteiger partial charge in [0.1, 0.15) is 23.4 Å². The maximum Gasteiger partial charge on any atom is 0.320 e. The second kappa shape index (κ2) is 8.12. The molecule has 0 bridgehead atoms. The van der Waals surface area contributed by atoms with Crippen molar-refractivity contribution in [2.45, 2.75) is 19.4 Å². The van der Waals surface area contributed by atoms with E-state index in [0.717, 1.165) is 6.42 Å². The van der Waals surface area contributed by atoms with Crippen LogP contribution in [0.5, 0.6) is 17.2 Å². The number of carbonyl (C=O) groups is 2. The first-order valence-corrected chi connectivity index (χ1v) is 8.78. The van der Waals surface area contributed by atoms with E-state index in [1.807, 2.05) is 6.92 Å². The lowest BCUT2D eigenvalue weighted by Crippen LogP contribution is -2.37. The quantitative estimate of drug-likeness (QED) is 0.572. The van der Waals surface area contributed by atoms with Crippen LogP contribution < -0.4 is 14.2 Å². The van der Waals surface area contributed by atoms with Crippen LogP contribution in [-0.2, 0) is 9.53 Å². The summed E-state index contributed by atoms with van der Waals surface area (Å²) in [5.41, 5.74) is 1.01. The van der Waals surface area contributed by atoms with E-state index in [4.69, 9.17) is 18.9 Å². The van der Waals surface area contributed by atoms with Gasteiger partial charge in [0.15, 0.2) is 11.7 Å². The molecule has 0 N–H and O–H groups in total. The number of esters is 1. The maximum atomic E-state index is 13.1. The topological polar surface area (TPSA) is 71.1 Å². The minimum Gasteiger partial charge on any atom is -0.497 e. The smallest absolute Gasteiger partial charge is 0.320 e. The summed E-state index contributed by atoms with van der Waals surface area (Å²) in [7, 11) is 2.83. The molecule has 0 radical (unpaired) electrons. The first-order chi connectivity index (χ1) is 13.1. The zero-order chi connectivity index (χ0) is 19.4. The van der Waals surface area contributed by atoms with Crippen LogP contribution in [0.25, 0.3) is 0 Å². The van der Waals surface area contributed by atoms with Crippen molar-refractivity contribution in [3.8, 4) is 17.2 Å². The molecule has 6 heteroatoms. The van der Waals surface area contributed by atoms with Crippen LogP contribution in [0.15, 0.2) is 42.5 Å². The van der Waals surface area contributed by atoms with Crippen molar-refractivity contribution >= 4 is 11.8 Å². The molecular formula is C21H22O6. The van der Waals surface area contributed by atoms with Gasteiger partial charge in [-0.2, -0.15) is 0 Å². The molecule has 0 spiro atoms. The first kappa shape index (κ1) is 18.8. The summed E-state index contributed by atoms with van der Waals surface area (Å²) in [5, 5.41) is 0. The third kappa shape index (κ3) is 3.74. The maximum absolute atomic E-state index is 13.1. The first-order valence-electron chi connectivity index (χ1n) is 8.78. The summed E-state index contributed by atoms with van der Waals surface area (Å²) in [5.74, 6) is -0.396. The molecule has 0 saturated heterocycles. The Kier molecular flexibility index (Phi) is 5.64. The number of rotatable bonds is 6. The van der Waals surface area contributed by atoms with E-state index < -0.39 is 18.0 Å². The number of Topliss-reactive ketones (excluding diaryl/α,β-unsaturated/α-hetero) is 1. The molecule has 142 valence electrons. The summed E-state index contributed by atoms with van der Waals surface area (Å²) in [4.78, 5) is 25.5. The number of benzene rings is 2. The fourth-order valence-electron chi connectivity index (χ4n) is 3.04. The van der Waals surface area contributed by atoms with E-state index in [1.165, 1.54) is 7.11 Å². The number of hydrogen-bond acceptors (Lipinski definition) is 6. The van der Waals surface area contributed by atoms with Gasteiger partial charge in [-0.1, -0.05) is 19.1 Å². The molecule has 27 heavy (non-hydrogen) atoms. The molecule has 1 heterocycles. The summed E-state index contributed by atoms with van der Waals surface area (Å²) in [6.45, 7) is 2.54. The number of hydrogen-bond donors (Lipinski definition) is 0. The average Bonchev–Trinajstić information content (AvgIpc) is 2.71. The fraction of sp³-hybridized carbons (Fsp3) is 0.333. The third-order valence-corrected chi connectivity index (χ3v) is 4.43. The minimum atomic E-state index is -1.09. The number of carbonyl (C=O) groups excluding carboxylic acids is 2. The Morgan fingerprint density at radius 3 is 2.41 bits per heavy atom. The van der Waals surface area contributed by atoms with E-state index in [0.29, 0.717) is 35.0 Å². The van der Waals surface area contributed by atoms with E-state index >= 15 is 0 Å². The molecule has 0 aliphatic carbocycles. The van der Waals surface area contributed by atoms with Crippen molar-refractivity contribution in [1.82, 2.24) is 0 Å². The summed E-state index contributed by atoms with van der Waals surface area (Å²) >= 11 is 0. The molecule has 2 aromatic carbocycles. The molecular weight excluding hydrogens is 348 g/mol. The highest BCUT2D eigenvalue weighted by Gasteiger charge is 2.44. The molecule has 0 fully saturated rings. The minimum absolute atomic E-state index is 0.323. The Hall–Kier alpha value is -3.02. The number of methoxy groups -OCH3 is 2. The average molecular weight is 370 g/mol. The van der Waals surface area contributed by atoms with Gasteiger partial charge in [0.25, 0.3) is 0 Å². The van der Waals surface area contributed by atoms with Crippen LogP contribution >= 0.6 is 0 Å². The Labute approximate surface area is 158 Å². The van der Waals surface area contributed by atoms with Crippen LogP contribution in [0.1, 0.15) is 35.4 Å². The van der Waals surface area contributed by atoms with E-state index in [1.54, 1.807) is 49.6 Å². The van der Waals surface area contributed by atoms with Crippen molar-refractivity contribution in [3.63, 3.8) is 0 Å². The molecule has 6 nitrogen and oxygen atoms in total. The van der Waals surface area contributed by atoms with Gasteiger partial charge in [-0.05, 0) is 42.3 Å². The van der Waals surface area contributed by atoms with Gasteiger partial charge in [-0.3, -0.25) is 9.59 Å². The van der Waals surface area contributed by atoms with Gasteiger partial charge in [-0.15, -0.1) is 0 Å².